The van der Waals surface area contributed by atoms with Crippen LogP contribution in [0.1, 0.15) is 97.3 Å². The van der Waals surface area contributed by atoms with Gasteiger partial charge in [0.15, 0.2) is 0 Å². The van der Waals surface area contributed by atoms with Gasteiger partial charge >= 0.3 is 0 Å². The molecule has 0 rings (SSSR count). The first-order valence-electron chi connectivity index (χ1n) is 7.41. The first kappa shape index (κ1) is 18.9. The fraction of sp³-hybridized carbons (Fsp3) is 1.00. The van der Waals surface area contributed by atoms with E-state index in [1.807, 2.05) is 0 Å². The van der Waals surface area contributed by atoms with E-state index in [4.69, 9.17) is 0 Å². The maximum atomic E-state index is 2.29. The van der Waals surface area contributed by atoms with Gasteiger partial charge < -0.3 is 0 Å². The molecule has 0 aromatic carbocycles. The van der Waals surface area contributed by atoms with Crippen molar-refractivity contribution in [3.05, 3.63) is 0 Å². The molecule has 99 valence electrons. The molecule has 0 fully saturated rings. The Bertz CT molecular complexity index is 89.6. The van der Waals surface area contributed by atoms with Crippen LogP contribution in [0.2, 0.25) is 0 Å². The SMILES string of the molecule is CCCCCCCCCCCCCCC.[Mn]. The van der Waals surface area contributed by atoms with Gasteiger partial charge in [-0.1, -0.05) is 97.3 Å². The Morgan fingerprint density at radius 3 is 0.750 bits per heavy atom. The molecule has 16 heavy (non-hydrogen) atoms. The van der Waals surface area contributed by atoms with Crippen molar-refractivity contribution in [3.8, 4) is 0 Å². The summed E-state index contributed by atoms with van der Waals surface area (Å²) in [7, 11) is 0. The van der Waals surface area contributed by atoms with Gasteiger partial charge in [0.1, 0.15) is 0 Å². The average Bonchev–Trinajstić information content (AvgIpc) is 2.26. The molecule has 0 atom stereocenters. The molecule has 0 amide bonds. The minimum Gasteiger partial charge on any atom is -0.0654 e. The minimum atomic E-state index is 0. The number of unbranched alkanes of at least 4 members (excludes halogenated alkanes) is 12. The van der Waals surface area contributed by atoms with E-state index >= 15 is 0 Å². The normalized spacial score (nSPS) is 10.1. The number of hydrogen-bond acceptors (Lipinski definition) is 0. The molecular formula is C15H32Mn. The molecule has 0 saturated heterocycles. The largest absolute Gasteiger partial charge is 0.0654 e. The van der Waals surface area contributed by atoms with Gasteiger partial charge in [0, 0.05) is 17.1 Å². The van der Waals surface area contributed by atoms with Crippen LogP contribution in [0.25, 0.3) is 0 Å². The van der Waals surface area contributed by atoms with E-state index in [-0.39, 0.29) is 17.1 Å². The predicted molar refractivity (Wildman–Crippen MR) is 71.4 cm³/mol. The first-order valence-corrected chi connectivity index (χ1v) is 7.41. The molecule has 0 aliphatic carbocycles. The summed E-state index contributed by atoms with van der Waals surface area (Å²) in [6.45, 7) is 4.58. The Balaban J connectivity index is 0. The van der Waals surface area contributed by atoms with Crippen molar-refractivity contribution in [2.24, 2.45) is 0 Å². The zero-order valence-corrected chi connectivity index (χ0v) is 12.8. The summed E-state index contributed by atoms with van der Waals surface area (Å²) in [4.78, 5) is 0. The molecule has 0 bridgehead atoms. The fourth-order valence-corrected chi connectivity index (χ4v) is 2.09. The van der Waals surface area contributed by atoms with Gasteiger partial charge in [-0.25, -0.2) is 0 Å². The molecule has 0 heterocycles. The van der Waals surface area contributed by atoms with E-state index in [0.717, 1.165) is 0 Å². The van der Waals surface area contributed by atoms with Crippen LogP contribution in [0.15, 0.2) is 0 Å². The summed E-state index contributed by atoms with van der Waals surface area (Å²) in [6, 6.07) is 0. The zero-order chi connectivity index (χ0) is 11.2. The second-order valence-corrected chi connectivity index (χ2v) is 4.89. The summed E-state index contributed by atoms with van der Waals surface area (Å²) in [6.07, 6.45) is 18.9. The van der Waals surface area contributed by atoms with Crippen molar-refractivity contribution in [3.63, 3.8) is 0 Å². The fourth-order valence-electron chi connectivity index (χ4n) is 2.09. The third-order valence-corrected chi connectivity index (χ3v) is 3.21. The molecule has 1 heteroatoms. The molecule has 1 radical (unpaired) electrons. The van der Waals surface area contributed by atoms with Gasteiger partial charge in [0.2, 0.25) is 0 Å². The van der Waals surface area contributed by atoms with E-state index in [2.05, 4.69) is 13.8 Å². The van der Waals surface area contributed by atoms with Crippen molar-refractivity contribution >= 4 is 0 Å². The maximum absolute atomic E-state index is 2.29. The molecule has 0 aromatic heterocycles. The van der Waals surface area contributed by atoms with Crippen LogP contribution in [-0.4, -0.2) is 0 Å². The molecule has 0 N–H and O–H groups in total. The summed E-state index contributed by atoms with van der Waals surface area (Å²) in [5, 5.41) is 0. The second-order valence-electron chi connectivity index (χ2n) is 4.89. The smallest absolute Gasteiger partial charge is 0 e. The van der Waals surface area contributed by atoms with Crippen LogP contribution in [-0.2, 0) is 17.1 Å². The Morgan fingerprint density at radius 1 is 0.375 bits per heavy atom. The molecular weight excluding hydrogens is 235 g/mol. The standard InChI is InChI=1S/C15H32.Mn/c1-3-5-7-9-11-13-15-14-12-10-8-6-4-2;/h3-15H2,1-2H3;. The van der Waals surface area contributed by atoms with Crippen LogP contribution in [0, 0.1) is 0 Å². The quantitative estimate of drug-likeness (QED) is 0.296. The van der Waals surface area contributed by atoms with Crippen molar-refractivity contribution in [2.75, 3.05) is 0 Å². The van der Waals surface area contributed by atoms with Crippen LogP contribution in [0.4, 0.5) is 0 Å². The summed E-state index contributed by atoms with van der Waals surface area (Å²) in [5.41, 5.74) is 0. The van der Waals surface area contributed by atoms with Crippen LogP contribution >= 0.6 is 0 Å². The van der Waals surface area contributed by atoms with E-state index in [1.165, 1.54) is 83.5 Å². The third-order valence-electron chi connectivity index (χ3n) is 3.21. The summed E-state index contributed by atoms with van der Waals surface area (Å²) >= 11 is 0. The Morgan fingerprint density at radius 2 is 0.562 bits per heavy atom. The molecule has 0 aromatic rings. The van der Waals surface area contributed by atoms with E-state index < -0.39 is 0 Å². The molecule has 0 nitrogen and oxygen atoms in total. The molecule has 0 saturated carbocycles. The second kappa shape index (κ2) is 17.9. The van der Waals surface area contributed by atoms with Crippen LogP contribution in [0.3, 0.4) is 0 Å². The first-order chi connectivity index (χ1) is 7.41. The average molecular weight is 267 g/mol. The van der Waals surface area contributed by atoms with Crippen molar-refractivity contribution in [1.82, 2.24) is 0 Å². The predicted octanol–water partition coefficient (Wildman–Crippen LogP) is 6.10. The van der Waals surface area contributed by atoms with Gasteiger partial charge in [-0.05, 0) is 0 Å². The Hall–Kier alpha value is 0.519. The Kier molecular flexibility index (Phi) is 21.1. The van der Waals surface area contributed by atoms with Gasteiger partial charge in [-0.15, -0.1) is 0 Å². The van der Waals surface area contributed by atoms with Crippen molar-refractivity contribution in [2.45, 2.75) is 97.3 Å². The number of rotatable bonds is 12. The number of hydrogen-bond donors (Lipinski definition) is 0. The molecule has 0 unspecified atom stereocenters. The third kappa shape index (κ3) is 16.9. The van der Waals surface area contributed by atoms with Gasteiger partial charge in [-0.2, -0.15) is 0 Å². The van der Waals surface area contributed by atoms with E-state index in [1.54, 1.807) is 0 Å². The Labute approximate surface area is 114 Å². The van der Waals surface area contributed by atoms with Gasteiger partial charge in [0.05, 0.1) is 0 Å². The van der Waals surface area contributed by atoms with Crippen LogP contribution in [0.5, 0.6) is 0 Å². The van der Waals surface area contributed by atoms with Gasteiger partial charge in [-0.3, -0.25) is 0 Å². The maximum Gasteiger partial charge on any atom is 0 e. The van der Waals surface area contributed by atoms with E-state index in [0.29, 0.717) is 0 Å². The summed E-state index contributed by atoms with van der Waals surface area (Å²) in [5.74, 6) is 0. The van der Waals surface area contributed by atoms with Crippen molar-refractivity contribution < 1.29 is 17.1 Å². The van der Waals surface area contributed by atoms with Crippen LogP contribution < -0.4 is 0 Å². The molecule has 0 aliphatic heterocycles. The van der Waals surface area contributed by atoms with Crippen molar-refractivity contribution in [1.29, 1.82) is 0 Å². The van der Waals surface area contributed by atoms with Gasteiger partial charge in [0.25, 0.3) is 0 Å². The zero-order valence-electron chi connectivity index (χ0n) is 11.6. The molecule has 0 spiro atoms. The molecule has 0 aliphatic rings. The minimum absolute atomic E-state index is 0. The summed E-state index contributed by atoms with van der Waals surface area (Å²) < 4.78 is 0. The van der Waals surface area contributed by atoms with E-state index in [9.17, 15) is 0 Å². The topological polar surface area (TPSA) is 0 Å². The monoisotopic (exact) mass is 267 g/mol.